The molecule has 0 saturated carbocycles. The summed E-state index contributed by atoms with van der Waals surface area (Å²) in [6.07, 6.45) is 3.36. The van der Waals surface area contributed by atoms with Crippen molar-refractivity contribution >= 4 is 17.7 Å². The number of allylic oxidation sites excluding steroid dienone is 1. The van der Waals surface area contributed by atoms with E-state index in [1.807, 2.05) is 39.0 Å². The van der Waals surface area contributed by atoms with Gasteiger partial charge < -0.3 is 4.74 Å². The van der Waals surface area contributed by atoms with Crippen LogP contribution in [0.1, 0.15) is 38.3 Å². The average Bonchev–Trinajstić information content (AvgIpc) is 2.82. The van der Waals surface area contributed by atoms with Gasteiger partial charge in [0.15, 0.2) is 0 Å². The molecular formula is C17H21NO3. The van der Waals surface area contributed by atoms with Crippen molar-refractivity contribution in [3.63, 3.8) is 0 Å². The van der Waals surface area contributed by atoms with Gasteiger partial charge in [0.25, 0.3) is 0 Å². The summed E-state index contributed by atoms with van der Waals surface area (Å²) in [6.45, 7) is 6.23. The molecule has 0 radical (unpaired) electrons. The van der Waals surface area contributed by atoms with E-state index in [9.17, 15) is 9.59 Å². The number of aryl methyl sites for hydroxylation is 1. The standard InChI is InChI=1S/C17H21NO3/c1-17(2,3)21-16(20)18-11-10-14-9-6-8-13(15(14)18)7-4-5-12-19/h5-6,8-9H,4,7,10-11H2,1-3H3. The lowest BCUT2D eigenvalue weighted by Crippen LogP contribution is -2.36. The normalized spacial score (nSPS) is 13.6. The van der Waals surface area contributed by atoms with Crippen molar-refractivity contribution in [1.82, 2.24) is 0 Å². The van der Waals surface area contributed by atoms with Crippen LogP contribution in [0.5, 0.6) is 0 Å². The smallest absolute Gasteiger partial charge is 0.414 e. The van der Waals surface area contributed by atoms with Crippen molar-refractivity contribution < 1.29 is 14.3 Å². The van der Waals surface area contributed by atoms with Gasteiger partial charge in [0.2, 0.25) is 0 Å². The van der Waals surface area contributed by atoms with Crippen LogP contribution in [0.25, 0.3) is 0 Å². The van der Waals surface area contributed by atoms with Crippen molar-refractivity contribution in [3.8, 4) is 0 Å². The number of para-hydroxylation sites is 1. The molecule has 0 fully saturated rings. The lowest BCUT2D eigenvalue weighted by atomic mass is 10.0. The lowest BCUT2D eigenvalue weighted by Gasteiger charge is -2.26. The van der Waals surface area contributed by atoms with Crippen molar-refractivity contribution in [2.75, 3.05) is 11.4 Å². The van der Waals surface area contributed by atoms with Gasteiger partial charge in [-0.15, -0.1) is 0 Å². The molecule has 0 bridgehead atoms. The van der Waals surface area contributed by atoms with Gasteiger partial charge in [-0.05, 0) is 51.2 Å². The van der Waals surface area contributed by atoms with Crippen LogP contribution < -0.4 is 4.90 Å². The second kappa shape index (κ2) is 6.15. The number of benzene rings is 1. The number of anilines is 1. The second-order valence-corrected chi connectivity index (χ2v) is 6.17. The third kappa shape index (κ3) is 3.73. The molecule has 4 heteroatoms. The summed E-state index contributed by atoms with van der Waals surface area (Å²) in [7, 11) is 0. The van der Waals surface area contributed by atoms with Crippen molar-refractivity contribution in [2.24, 2.45) is 0 Å². The third-order valence-corrected chi connectivity index (χ3v) is 3.33. The first-order valence-electron chi connectivity index (χ1n) is 7.23. The van der Waals surface area contributed by atoms with Crippen LogP contribution in [-0.2, 0) is 22.4 Å². The van der Waals surface area contributed by atoms with E-state index >= 15 is 0 Å². The highest BCUT2D eigenvalue weighted by molar-refractivity contribution is 5.91. The molecule has 1 amide bonds. The van der Waals surface area contributed by atoms with Crippen LogP contribution >= 0.6 is 0 Å². The van der Waals surface area contributed by atoms with E-state index in [1.54, 1.807) is 10.8 Å². The molecule has 0 atom stereocenters. The van der Waals surface area contributed by atoms with E-state index in [4.69, 9.17) is 4.74 Å². The van der Waals surface area contributed by atoms with E-state index < -0.39 is 5.60 Å². The number of hydrogen-bond donors (Lipinski definition) is 0. The Kier molecular flexibility index (Phi) is 4.49. The van der Waals surface area contributed by atoms with Crippen LogP contribution in [0.4, 0.5) is 10.5 Å². The number of fused-ring (bicyclic) bond motifs is 1. The summed E-state index contributed by atoms with van der Waals surface area (Å²) in [5.41, 5.74) is 2.68. The minimum absolute atomic E-state index is 0.306. The third-order valence-electron chi connectivity index (χ3n) is 3.33. The Bertz CT molecular complexity index is 580. The number of carbonyl (C=O) groups excluding carboxylic acids is 2. The SMILES string of the molecule is CC(C)(C)OC(=O)N1CCc2cccc(CCC=C=O)c21. The first-order valence-corrected chi connectivity index (χ1v) is 7.23. The molecule has 1 aromatic rings. The van der Waals surface area contributed by atoms with Crippen LogP contribution in [0.15, 0.2) is 24.3 Å². The first kappa shape index (κ1) is 15.3. The molecule has 1 aromatic carbocycles. The molecule has 0 unspecified atom stereocenters. The maximum atomic E-state index is 12.3. The predicted molar refractivity (Wildman–Crippen MR) is 82.3 cm³/mol. The van der Waals surface area contributed by atoms with E-state index in [0.29, 0.717) is 13.0 Å². The van der Waals surface area contributed by atoms with Gasteiger partial charge in [0, 0.05) is 12.6 Å². The molecule has 0 aliphatic carbocycles. The van der Waals surface area contributed by atoms with Crippen LogP contribution in [0, 0.1) is 0 Å². The molecular weight excluding hydrogens is 266 g/mol. The van der Waals surface area contributed by atoms with Gasteiger partial charge >= 0.3 is 6.09 Å². The van der Waals surface area contributed by atoms with Crippen LogP contribution in [0.2, 0.25) is 0 Å². The molecule has 112 valence electrons. The van der Waals surface area contributed by atoms with Crippen LogP contribution in [-0.4, -0.2) is 24.2 Å². The highest BCUT2D eigenvalue weighted by Crippen LogP contribution is 2.33. The zero-order chi connectivity index (χ0) is 15.5. The van der Waals surface area contributed by atoms with Crippen molar-refractivity contribution in [3.05, 3.63) is 35.4 Å². The van der Waals surface area contributed by atoms with E-state index in [-0.39, 0.29) is 6.09 Å². The highest BCUT2D eigenvalue weighted by Gasteiger charge is 2.30. The summed E-state index contributed by atoms with van der Waals surface area (Å²) < 4.78 is 5.48. The van der Waals surface area contributed by atoms with Gasteiger partial charge in [-0.3, -0.25) is 4.90 Å². The molecule has 0 aromatic heterocycles. The second-order valence-electron chi connectivity index (χ2n) is 6.17. The Hall–Kier alpha value is -2.06. The van der Waals surface area contributed by atoms with E-state index in [1.165, 1.54) is 6.08 Å². The molecule has 0 N–H and O–H groups in total. The minimum Gasteiger partial charge on any atom is -0.443 e. The summed E-state index contributed by atoms with van der Waals surface area (Å²) >= 11 is 0. The highest BCUT2D eigenvalue weighted by atomic mass is 16.6. The zero-order valence-electron chi connectivity index (χ0n) is 12.8. The van der Waals surface area contributed by atoms with Gasteiger partial charge in [0.05, 0.1) is 5.69 Å². The predicted octanol–water partition coefficient (Wildman–Crippen LogP) is 3.30. The largest absolute Gasteiger partial charge is 0.443 e. The maximum absolute atomic E-state index is 12.3. The summed E-state index contributed by atoms with van der Waals surface area (Å²) in [5.74, 6) is 1.79. The fourth-order valence-electron chi connectivity index (χ4n) is 2.52. The van der Waals surface area contributed by atoms with Crippen molar-refractivity contribution in [1.29, 1.82) is 0 Å². The minimum atomic E-state index is -0.505. The van der Waals surface area contributed by atoms with E-state index in [2.05, 4.69) is 0 Å². The molecule has 2 rings (SSSR count). The first-order chi connectivity index (χ1) is 9.92. The van der Waals surface area contributed by atoms with Gasteiger partial charge in [-0.2, -0.15) is 0 Å². The summed E-state index contributed by atoms with van der Waals surface area (Å²) in [4.78, 5) is 24.3. The molecule has 1 heterocycles. The molecule has 0 spiro atoms. The Morgan fingerprint density at radius 2 is 2.19 bits per heavy atom. The number of rotatable bonds is 3. The number of ether oxygens (including phenoxy) is 1. The number of amides is 1. The monoisotopic (exact) mass is 287 g/mol. The molecule has 1 aliphatic heterocycles. The fourth-order valence-corrected chi connectivity index (χ4v) is 2.52. The molecule has 0 saturated heterocycles. The summed E-state index contributed by atoms with van der Waals surface area (Å²) in [6, 6.07) is 6.04. The fraction of sp³-hybridized carbons (Fsp3) is 0.471. The molecule has 4 nitrogen and oxygen atoms in total. The molecule has 21 heavy (non-hydrogen) atoms. The van der Waals surface area contributed by atoms with Crippen molar-refractivity contribution in [2.45, 2.75) is 45.6 Å². The number of nitrogens with zero attached hydrogens (tertiary/aromatic N) is 1. The van der Waals surface area contributed by atoms with Gasteiger partial charge in [0.1, 0.15) is 11.5 Å². The topological polar surface area (TPSA) is 46.6 Å². The Balaban J connectivity index is 2.24. The summed E-state index contributed by atoms with van der Waals surface area (Å²) in [5, 5.41) is 0. The van der Waals surface area contributed by atoms with Gasteiger partial charge in [-0.25, -0.2) is 9.59 Å². The maximum Gasteiger partial charge on any atom is 0.414 e. The Labute approximate surface area is 125 Å². The number of carbonyl (C=O) groups is 1. The Morgan fingerprint density at radius 1 is 1.43 bits per heavy atom. The lowest BCUT2D eigenvalue weighted by molar-refractivity contribution is 0.0583. The van der Waals surface area contributed by atoms with E-state index in [0.717, 1.165) is 29.7 Å². The number of hydrogen-bond acceptors (Lipinski definition) is 3. The zero-order valence-corrected chi connectivity index (χ0v) is 12.8. The molecule has 1 aliphatic rings. The average molecular weight is 287 g/mol. The quantitative estimate of drug-likeness (QED) is 0.801. The van der Waals surface area contributed by atoms with Crippen LogP contribution in [0.3, 0.4) is 0 Å². The van der Waals surface area contributed by atoms with Gasteiger partial charge in [-0.1, -0.05) is 18.2 Å². The Morgan fingerprint density at radius 3 is 2.86 bits per heavy atom.